The number of carbonyl (C=O) groups is 1. The number of carbonyl (C=O) groups excluding carboxylic acids is 1. The molecule has 0 aliphatic carbocycles. The van der Waals surface area contributed by atoms with Gasteiger partial charge in [0.1, 0.15) is 18.3 Å². The third-order valence-electron chi connectivity index (χ3n) is 2.96. The van der Waals surface area contributed by atoms with E-state index in [0.717, 1.165) is 12.1 Å². The Balaban J connectivity index is 2.84. The van der Waals surface area contributed by atoms with Crippen molar-refractivity contribution in [1.29, 1.82) is 0 Å². The number of nitrogens with zero attached hydrogens (tertiary/aromatic N) is 1. The van der Waals surface area contributed by atoms with Crippen molar-refractivity contribution >= 4 is 11.5 Å². The number of hydrogen-bond acceptors (Lipinski definition) is 8. The quantitative estimate of drug-likeness (QED) is 0.223. The average molecular weight is 300 g/mol. The molecule has 1 rings (SSSR count). The molecule has 21 heavy (non-hydrogen) atoms. The van der Waals surface area contributed by atoms with Gasteiger partial charge in [-0.25, -0.2) is 0 Å². The highest BCUT2D eigenvalue weighted by Gasteiger charge is 2.33. The van der Waals surface area contributed by atoms with Crippen LogP contribution in [0.5, 0.6) is 0 Å². The van der Waals surface area contributed by atoms with E-state index < -0.39 is 41.7 Å². The number of aliphatic hydroxyl groups excluding tert-OH is 4. The zero-order valence-corrected chi connectivity index (χ0v) is 10.9. The Morgan fingerprint density at radius 1 is 1.19 bits per heavy atom. The predicted octanol–water partition coefficient (Wildman–Crippen LogP) is -1.82. The SMILES string of the molecule is N[C@@H](C(=O)c1ccc([N+](=O)[O-])cc1)[C@@H](O)[C@H](O)[C@H](O)CO. The maximum absolute atomic E-state index is 12.0. The van der Waals surface area contributed by atoms with Crippen LogP contribution in [0.3, 0.4) is 0 Å². The lowest BCUT2D eigenvalue weighted by Gasteiger charge is -2.25. The number of rotatable bonds is 7. The lowest BCUT2D eigenvalue weighted by atomic mass is 9.95. The van der Waals surface area contributed by atoms with Gasteiger partial charge in [-0.3, -0.25) is 14.9 Å². The van der Waals surface area contributed by atoms with Gasteiger partial charge in [-0.05, 0) is 12.1 Å². The third kappa shape index (κ3) is 4.03. The van der Waals surface area contributed by atoms with E-state index >= 15 is 0 Å². The molecule has 1 aromatic carbocycles. The predicted molar refractivity (Wildman–Crippen MR) is 70.5 cm³/mol. The molecule has 116 valence electrons. The summed E-state index contributed by atoms with van der Waals surface area (Å²) in [5.74, 6) is -0.762. The first-order valence-corrected chi connectivity index (χ1v) is 5.99. The van der Waals surface area contributed by atoms with Crippen LogP contribution in [0.25, 0.3) is 0 Å². The number of ketones is 1. The second kappa shape index (κ2) is 7.20. The number of aliphatic hydroxyl groups is 4. The molecule has 0 fully saturated rings. The summed E-state index contributed by atoms with van der Waals surface area (Å²) in [6, 6.07) is 2.99. The van der Waals surface area contributed by atoms with E-state index in [1.54, 1.807) is 0 Å². The minimum atomic E-state index is -1.80. The van der Waals surface area contributed by atoms with E-state index in [1.807, 2.05) is 0 Å². The lowest BCUT2D eigenvalue weighted by molar-refractivity contribution is -0.384. The van der Waals surface area contributed by atoms with Gasteiger partial charge in [0, 0.05) is 17.7 Å². The highest BCUT2D eigenvalue weighted by molar-refractivity contribution is 6.00. The molecular formula is C12H16N2O7. The number of non-ortho nitro benzene ring substituents is 1. The number of nitrogens with two attached hydrogens (primary N) is 1. The minimum absolute atomic E-state index is 0.0119. The Labute approximate surface area is 119 Å². The molecule has 0 amide bonds. The van der Waals surface area contributed by atoms with Crippen LogP contribution in [0.15, 0.2) is 24.3 Å². The molecule has 9 nitrogen and oxygen atoms in total. The molecule has 0 aliphatic heterocycles. The van der Waals surface area contributed by atoms with Crippen LogP contribution < -0.4 is 5.73 Å². The van der Waals surface area contributed by atoms with Crippen molar-refractivity contribution < 1.29 is 30.1 Å². The second-order valence-corrected chi connectivity index (χ2v) is 4.43. The zero-order valence-electron chi connectivity index (χ0n) is 10.9. The third-order valence-corrected chi connectivity index (χ3v) is 2.96. The highest BCUT2D eigenvalue weighted by Crippen LogP contribution is 2.15. The lowest BCUT2D eigenvalue weighted by Crippen LogP contribution is -2.52. The molecule has 0 radical (unpaired) electrons. The Morgan fingerprint density at radius 3 is 2.14 bits per heavy atom. The molecule has 0 heterocycles. The summed E-state index contributed by atoms with van der Waals surface area (Å²) in [4.78, 5) is 21.8. The van der Waals surface area contributed by atoms with Gasteiger partial charge in [0.2, 0.25) is 0 Å². The average Bonchev–Trinajstić information content (AvgIpc) is 2.51. The van der Waals surface area contributed by atoms with Gasteiger partial charge >= 0.3 is 0 Å². The number of hydrogen-bond donors (Lipinski definition) is 5. The van der Waals surface area contributed by atoms with Gasteiger partial charge in [-0.2, -0.15) is 0 Å². The molecule has 1 aromatic rings. The van der Waals surface area contributed by atoms with Gasteiger partial charge < -0.3 is 26.2 Å². The first-order valence-electron chi connectivity index (χ1n) is 5.99. The Hall–Kier alpha value is -1.91. The van der Waals surface area contributed by atoms with Crippen LogP contribution in [0.2, 0.25) is 0 Å². The highest BCUT2D eigenvalue weighted by atomic mass is 16.6. The smallest absolute Gasteiger partial charge is 0.269 e. The molecule has 4 atom stereocenters. The van der Waals surface area contributed by atoms with Crippen LogP contribution in [0, 0.1) is 10.1 Å². The van der Waals surface area contributed by atoms with Gasteiger partial charge in [0.05, 0.1) is 17.6 Å². The molecular weight excluding hydrogens is 284 g/mol. The monoisotopic (exact) mass is 300 g/mol. The summed E-state index contributed by atoms with van der Waals surface area (Å²) in [6.45, 7) is -0.809. The maximum Gasteiger partial charge on any atom is 0.269 e. The van der Waals surface area contributed by atoms with Crippen LogP contribution in [0.4, 0.5) is 5.69 Å². The van der Waals surface area contributed by atoms with Crippen LogP contribution in [-0.4, -0.2) is 62.1 Å². The Kier molecular flexibility index (Phi) is 5.88. The molecule has 0 aromatic heterocycles. The van der Waals surface area contributed by atoms with Crippen LogP contribution in [0.1, 0.15) is 10.4 Å². The fourth-order valence-corrected chi connectivity index (χ4v) is 1.64. The minimum Gasteiger partial charge on any atom is -0.394 e. The maximum atomic E-state index is 12.0. The van der Waals surface area contributed by atoms with Crippen molar-refractivity contribution in [3.8, 4) is 0 Å². The molecule has 0 saturated carbocycles. The van der Waals surface area contributed by atoms with E-state index in [9.17, 15) is 30.2 Å². The van der Waals surface area contributed by atoms with Gasteiger partial charge in [-0.15, -0.1) is 0 Å². The standard InChI is InChI=1S/C12H16N2O7/c13-9(12(19)11(18)8(16)5-15)10(17)6-1-3-7(4-2-6)14(20)21/h1-4,8-9,11-12,15-16,18-19H,5,13H2/t8-,9+,11-,12-/m1/s1. The normalized spacial score (nSPS) is 16.8. The van der Waals surface area contributed by atoms with E-state index in [1.165, 1.54) is 12.1 Å². The molecule has 6 N–H and O–H groups in total. The molecule has 0 spiro atoms. The molecule has 0 bridgehead atoms. The second-order valence-electron chi connectivity index (χ2n) is 4.43. The van der Waals surface area contributed by atoms with E-state index in [0.29, 0.717) is 0 Å². The van der Waals surface area contributed by atoms with Crippen molar-refractivity contribution in [3.05, 3.63) is 39.9 Å². The number of nitro benzene ring substituents is 1. The van der Waals surface area contributed by atoms with Crippen molar-refractivity contribution in [1.82, 2.24) is 0 Å². The summed E-state index contributed by atoms with van der Waals surface area (Å²) in [7, 11) is 0. The van der Waals surface area contributed by atoms with Crippen LogP contribution >= 0.6 is 0 Å². The number of nitro groups is 1. The summed E-state index contributed by atoms with van der Waals surface area (Å²) >= 11 is 0. The van der Waals surface area contributed by atoms with Gasteiger partial charge in [-0.1, -0.05) is 0 Å². The number of Topliss-reactive ketones (excluding diaryl/α,β-unsaturated/α-hetero) is 1. The molecule has 0 aliphatic rings. The number of benzene rings is 1. The van der Waals surface area contributed by atoms with E-state index in [2.05, 4.69) is 0 Å². The molecule has 0 unspecified atom stereocenters. The largest absolute Gasteiger partial charge is 0.394 e. The van der Waals surface area contributed by atoms with Crippen LogP contribution in [-0.2, 0) is 0 Å². The van der Waals surface area contributed by atoms with E-state index in [4.69, 9.17) is 10.8 Å². The van der Waals surface area contributed by atoms with Crippen molar-refractivity contribution in [2.24, 2.45) is 5.73 Å². The summed E-state index contributed by atoms with van der Waals surface area (Å²) in [5, 5.41) is 47.5. The van der Waals surface area contributed by atoms with E-state index in [-0.39, 0.29) is 11.3 Å². The van der Waals surface area contributed by atoms with Gasteiger partial charge in [0.25, 0.3) is 5.69 Å². The first-order chi connectivity index (χ1) is 9.79. The molecule has 9 heteroatoms. The zero-order chi connectivity index (χ0) is 16.2. The fourth-order valence-electron chi connectivity index (χ4n) is 1.64. The van der Waals surface area contributed by atoms with Crippen molar-refractivity contribution in [3.63, 3.8) is 0 Å². The first kappa shape index (κ1) is 17.1. The Morgan fingerprint density at radius 2 is 1.71 bits per heavy atom. The topological polar surface area (TPSA) is 167 Å². The summed E-state index contributed by atoms with van der Waals surface area (Å²) in [5.41, 5.74) is 5.30. The fraction of sp³-hybridized carbons (Fsp3) is 0.417. The Bertz CT molecular complexity index is 505. The van der Waals surface area contributed by atoms with Gasteiger partial charge in [0.15, 0.2) is 5.78 Å². The summed E-state index contributed by atoms with van der Waals surface area (Å²) < 4.78 is 0. The molecule has 0 saturated heterocycles. The van der Waals surface area contributed by atoms with Crippen molar-refractivity contribution in [2.75, 3.05) is 6.61 Å². The summed E-state index contributed by atoms with van der Waals surface area (Å²) in [6.07, 6.45) is -5.24. The van der Waals surface area contributed by atoms with Crippen molar-refractivity contribution in [2.45, 2.75) is 24.4 Å².